The summed E-state index contributed by atoms with van der Waals surface area (Å²) in [6.45, 7) is 12.7. The molecule has 3 rings (SSSR count). The number of carbonyl (C=O) groups is 2. The number of hydrogen-bond donors (Lipinski definition) is 2. The highest BCUT2D eigenvalue weighted by molar-refractivity contribution is 5.96. The van der Waals surface area contributed by atoms with Crippen LogP contribution < -0.4 is 10.6 Å². The van der Waals surface area contributed by atoms with E-state index in [1.165, 1.54) is 4.90 Å². The van der Waals surface area contributed by atoms with Gasteiger partial charge in [-0.2, -0.15) is 5.10 Å². The first-order valence-electron chi connectivity index (χ1n) is 12.2. The van der Waals surface area contributed by atoms with E-state index in [1.807, 2.05) is 68.4 Å². The van der Waals surface area contributed by atoms with Gasteiger partial charge >= 0.3 is 6.03 Å². The van der Waals surface area contributed by atoms with Crippen LogP contribution in [0.1, 0.15) is 57.9 Å². The number of carbonyl (C=O) groups excluding carboxylic acids is 2. The minimum Gasteiger partial charge on any atom is -0.315 e. The number of benzene rings is 2. The first kappa shape index (κ1) is 26.0. The SMILES string of the molecule is CCCN(CC(=O)Nc1cc(C(C)(C)C)nn1-c1ccc(C)cc1)C(=O)Nc1cccc(CC)c1. The summed E-state index contributed by atoms with van der Waals surface area (Å²) < 4.78 is 1.75. The van der Waals surface area contributed by atoms with Crippen molar-refractivity contribution in [2.45, 2.75) is 59.8 Å². The van der Waals surface area contributed by atoms with Gasteiger partial charge in [0.15, 0.2) is 0 Å². The fourth-order valence-corrected chi connectivity index (χ4v) is 3.67. The Morgan fingerprint density at radius 2 is 1.71 bits per heavy atom. The van der Waals surface area contributed by atoms with Crippen LogP contribution in [0.15, 0.2) is 54.6 Å². The number of anilines is 2. The predicted molar refractivity (Wildman–Crippen MR) is 142 cm³/mol. The largest absolute Gasteiger partial charge is 0.322 e. The van der Waals surface area contributed by atoms with Crippen molar-refractivity contribution < 1.29 is 9.59 Å². The van der Waals surface area contributed by atoms with Crippen molar-refractivity contribution >= 4 is 23.4 Å². The first-order valence-corrected chi connectivity index (χ1v) is 12.2. The fraction of sp³-hybridized carbons (Fsp3) is 0.393. The third-order valence-corrected chi connectivity index (χ3v) is 5.73. The van der Waals surface area contributed by atoms with Gasteiger partial charge in [0, 0.05) is 23.7 Å². The fourth-order valence-electron chi connectivity index (χ4n) is 3.67. The minimum absolute atomic E-state index is 0.0585. The van der Waals surface area contributed by atoms with Crippen molar-refractivity contribution in [1.29, 1.82) is 0 Å². The quantitative estimate of drug-likeness (QED) is 0.424. The number of hydrogen-bond acceptors (Lipinski definition) is 3. The highest BCUT2D eigenvalue weighted by Crippen LogP contribution is 2.26. The highest BCUT2D eigenvalue weighted by Gasteiger charge is 2.23. The lowest BCUT2D eigenvalue weighted by atomic mass is 9.92. The highest BCUT2D eigenvalue weighted by atomic mass is 16.2. The second-order valence-electron chi connectivity index (χ2n) is 9.87. The first-order chi connectivity index (χ1) is 16.6. The average Bonchev–Trinajstić information content (AvgIpc) is 3.23. The van der Waals surface area contributed by atoms with Crippen molar-refractivity contribution in [3.63, 3.8) is 0 Å². The predicted octanol–water partition coefficient (Wildman–Crippen LogP) is 5.92. The molecular formula is C28H37N5O2. The molecule has 0 saturated heterocycles. The summed E-state index contributed by atoms with van der Waals surface area (Å²) in [5, 5.41) is 10.7. The van der Waals surface area contributed by atoms with Gasteiger partial charge in [-0.05, 0) is 49.6 Å². The molecule has 2 N–H and O–H groups in total. The van der Waals surface area contributed by atoms with Crippen LogP contribution in [0.2, 0.25) is 0 Å². The lowest BCUT2D eigenvalue weighted by molar-refractivity contribution is -0.116. The van der Waals surface area contributed by atoms with Crippen LogP contribution >= 0.6 is 0 Å². The van der Waals surface area contributed by atoms with Crippen LogP contribution in [0.4, 0.5) is 16.3 Å². The van der Waals surface area contributed by atoms with Crippen LogP contribution in [0, 0.1) is 6.92 Å². The maximum atomic E-state index is 13.1. The molecule has 0 fully saturated rings. The van der Waals surface area contributed by atoms with E-state index in [1.54, 1.807) is 4.68 Å². The molecule has 0 aliphatic heterocycles. The number of rotatable bonds is 8. The van der Waals surface area contributed by atoms with Crippen LogP contribution in [0.5, 0.6) is 0 Å². The molecule has 1 aromatic heterocycles. The second kappa shape index (κ2) is 11.2. The molecule has 0 unspecified atom stereocenters. The molecule has 0 aliphatic carbocycles. The van der Waals surface area contributed by atoms with Gasteiger partial charge in [-0.15, -0.1) is 0 Å². The minimum atomic E-state index is -0.294. The molecule has 0 aliphatic rings. The van der Waals surface area contributed by atoms with Crippen molar-refractivity contribution in [1.82, 2.24) is 14.7 Å². The van der Waals surface area contributed by atoms with Crippen molar-refractivity contribution in [3.05, 3.63) is 71.4 Å². The molecule has 0 spiro atoms. The van der Waals surface area contributed by atoms with Gasteiger partial charge in [0.2, 0.25) is 5.91 Å². The zero-order valence-electron chi connectivity index (χ0n) is 21.7. The smallest absolute Gasteiger partial charge is 0.315 e. The molecule has 1 heterocycles. The third-order valence-electron chi connectivity index (χ3n) is 5.73. The summed E-state index contributed by atoms with van der Waals surface area (Å²) in [5.74, 6) is 0.306. The summed E-state index contributed by atoms with van der Waals surface area (Å²) >= 11 is 0. The molecule has 2 aromatic carbocycles. The Morgan fingerprint density at radius 1 is 1.00 bits per heavy atom. The third kappa shape index (κ3) is 6.94. The van der Waals surface area contributed by atoms with E-state index in [9.17, 15) is 9.59 Å². The van der Waals surface area contributed by atoms with E-state index in [0.29, 0.717) is 12.4 Å². The number of aryl methyl sites for hydroxylation is 2. The van der Waals surface area contributed by atoms with E-state index in [-0.39, 0.29) is 23.9 Å². The topological polar surface area (TPSA) is 79.3 Å². The molecule has 0 atom stereocenters. The standard InChI is InChI=1S/C28H37N5O2/c1-7-16-32(27(35)29-22-11-9-10-21(8-2)17-22)19-26(34)30-25-18-24(28(4,5)6)31-33(25)23-14-12-20(3)13-15-23/h9-15,17-18H,7-8,16,19H2,1-6H3,(H,29,35)(H,30,34). The van der Waals surface area contributed by atoms with Gasteiger partial charge in [-0.25, -0.2) is 9.48 Å². The zero-order valence-corrected chi connectivity index (χ0v) is 21.7. The molecule has 7 nitrogen and oxygen atoms in total. The number of nitrogens with one attached hydrogen (secondary N) is 2. The lowest BCUT2D eigenvalue weighted by Gasteiger charge is -2.22. The molecule has 0 saturated carbocycles. The van der Waals surface area contributed by atoms with Gasteiger partial charge in [0.25, 0.3) is 0 Å². The summed E-state index contributed by atoms with van der Waals surface area (Å²) in [7, 11) is 0. The van der Waals surface area contributed by atoms with Crippen molar-refractivity contribution in [3.8, 4) is 5.69 Å². The summed E-state index contributed by atoms with van der Waals surface area (Å²) in [4.78, 5) is 27.6. The van der Waals surface area contributed by atoms with E-state index < -0.39 is 0 Å². The Kier molecular flexibility index (Phi) is 8.33. The molecule has 35 heavy (non-hydrogen) atoms. The summed E-state index contributed by atoms with van der Waals surface area (Å²) in [5.41, 5.74) is 4.56. The van der Waals surface area contributed by atoms with Crippen LogP contribution in [0.3, 0.4) is 0 Å². The number of amides is 3. The maximum absolute atomic E-state index is 13.1. The van der Waals surface area contributed by atoms with Crippen LogP contribution in [-0.2, 0) is 16.6 Å². The molecule has 7 heteroatoms. The Bertz CT molecular complexity index is 1160. The van der Waals surface area contributed by atoms with E-state index in [4.69, 9.17) is 5.10 Å². The Hall–Kier alpha value is -3.61. The normalized spacial score (nSPS) is 11.3. The van der Waals surface area contributed by atoms with Crippen LogP contribution in [0.25, 0.3) is 5.69 Å². The number of urea groups is 1. The van der Waals surface area contributed by atoms with Gasteiger partial charge in [-0.1, -0.05) is 64.4 Å². The molecular weight excluding hydrogens is 438 g/mol. The number of aromatic nitrogens is 2. The van der Waals surface area contributed by atoms with E-state index in [2.05, 4.69) is 38.3 Å². The monoisotopic (exact) mass is 475 g/mol. The maximum Gasteiger partial charge on any atom is 0.322 e. The van der Waals surface area contributed by atoms with Gasteiger partial charge in [0.05, 0.1) is 11.4 Å². The Balaban J connectivity index is 1.78. The molecule has 3 amide bonds. The van der Waals surface area contributed by atoms with Crippen LogP contribution in [-0.4, -0.2) is 39.7 Å². The molecule has 0 bridgehead atoms. The van der Waals surface area contributed by atoms with Crippen molar-refractivity contribution in [2.24, 2.45) is 0 Å². The van der Waals surface area contributed by atoms with E-state index in [0.717, 1.165) is 41.0 Å². The van der Waals surface area contributed by atoms with Gasteiger partial charge in [0.1, 0.15) is 12.4 Å². The Labute approximate surface area is 208 Å². The zero-order chi connectivity index (χ0) is 25.6. The molecule has 0 radical (unpaired) electrons. The molecule has 186 valence electrons. The second-order valence-corrected chi connectivity index (χ2v) is 9.87. The Morgan fingerprint density at radius 3 is 2.34 bits per heavy atom. The van der Waals surface area contributed by atoms with Gasteiger partial charge in [-0.3, -0.25) is 4.79 Å². The lowest BCUT2D eigenvalue weighted by Crippen LogP contribution is -2.41. The number of nitrogens with zero attached hydrogens (tertiary/aromatic N) is 3. The average molecular weight is 476 g/mol. The summed E-state index contributed by atoms with van der Waals surface area (Å²) in [6.07, 6.45) is 1.63. The summed E-state index contributed by atoms with van der Waals surface area (Å²) in [6, 6.07) is 17.3. The van der Waals surface area contributed by atoms with Crippen molar-refractivity contribution in [2.75, 3.05) is 23.7 Å². The van der Waals surface area contributed by atoms with Gasteiger partial charge < -0.3 is 15.5 Å². The van der Waals surface area contributed by atoms with E-state index >= 15 is 0 Å². The molecule has 3 aromatic rings.